The number of piperidine rings is 1. The van der Waals surface area contributed by atoms with Gasteiger partial charge in [0.25, 0.3) is 11.8 Å². The summed E-state index contributed by atoms with van der Waals surface area (Å²) in [5.41, 5.74) is 11.8. The van der Waals surface area contributed by atoms with Crippen LogP contribution in [-0.2, 0) is 13.6 Å². The van der Waals surface area contributed by atoms with Crippen LogP contribution >= 0.6 is 0 Å². The molecule has 47 heavy (non-hydrogen) atoms. The first-order valence-corrected chi connectivity index (χ1v) is 16.8. The van der Waals surface area contributed by atoms with Crippen molar-refractivity contribution in [2.75, 3.05) is 13.7 Å². The minimum absolute atomic E-state index is 0.00810. The maximum Gasteiger partial charge on any atom is 0.254 e. The van der Waals surface area contributed by atoms with Gasteiger partial charge in [0.2, 0.25) is 0 Å². The number of hydrogen-bond acceptors (Lipinski definition) is 6. The molecule has 1 saturated heterocycles. The molecular formula is C37H41N7O3. The molecule has 0 spiro atoms. The summed E-state index contributed by atoms with van der Waals surface area (Å²) >= 11 is 0. The number of nitrogens with zero attached hydrogens (tertiary/aromatic N) is 5. The smallest absolute Gasteiger partial charge is 0.254 e. The summed E-state index contributed by atoms with van der Waals surface area (Å²) in [6, 6.07) is 19.2. The Morgan fingerprint density at radius 2 is 1.83 bits per heavy atom. The van der Waals surface area contributed by atoms with Crippen LogP contribution in [0.15, 0.2) is 60.7 Å². The number of carbonyl (C=O) groups is 2. The summed E-state index contributed by atoms with van der Waals surface area (Å²) < 4.78 is 10.2. The number of aromatic nitrogens is 4. The minimum atomic E-state index is -0.277. The van der Waals surface area contributed by atoms with Gasteiger partial charge in [-0.2, -0.15) is 0 Å². The van der Waals surface area contributed by atoms with Gasteiger partial charge in [0.1, 0.15) is 16.9 Å². The molecule has 10 heteroatoms. The van der Waals surface area contributed by atoms with Gasteiger partial charge in [-0.15, -0.1) is 0 Å². The minimum Gasteiger partial charge on any atom is -0.494 e. The maximum absolute atomic E-state index is 13.9. The van der Waals surface area contributed by atoms with E-state index in [2.05, 4.69) is 26.6 Å². The van der Waals surface area contributed by atoms with E-state index in [4.69, 9.17) is 20.4 Å². The van der Waals surface area contributed by atoms with Crippen molar-refractivity contribution in [2.24, 2.45) is 24.6 Å². The van der Waals surface area contributed by atoms with Crippen LogP contribution in [0.3, 0.4) is 0 Å². The largest absolute Gasteiger partial charge is 0.494 e. The van der Waals surface area contributed by atoms with Crippen LogP contribution in [0.5, 0.6) is 5.75 Å². The van der Waals surface area contributed by atoms with Crippen LogP contribution in [0.1, 0.15) is 71.5 Å². The number of amides is 2. The van der Waals surface area contributed by atoms with Gasteiger partial charge in [-0.1, -0.05) is 18.2 Å². The molecule has 1 aliphatic heterocycles. The first kappa shape index (κ1) is 29.7. The third kappa shape index (κ3) is 5.24. The lowest BCUT2D eigenvalue weighted by Gasteiger charge is -2.37. The van der Waals surface area contributed by atoms with Crippen molar-refractivity contribution in [1.29, 1.82) is 0 Å². The van der Waals surface area contributed by atoms with E-state index in [1.165, 1.54) is 12.8 Å². The summed E-state index contributed by atoms with van der Waals surface area (Å²) in [5, 5.41) is 4.11. The van der Waals surface area contributed by atoms with Crippen LogP contribution in [0, 0.1) is 11.8 Å². The lowest BCUT2D eigenvalue weighted by atomic mass is 9.94. The van der Waals surface area contributed by atoms with Crippen LogP contribution in [0.2, 0.25) is 0 Å². The summed E-state index contributed by atoms with van der Waals surface area (Å²) in [4.78, 5) is 39.0. The molecule has 4 heterocycles. The predicted octanol–water partition coefficient (Wildman–Crippen LogP) is 5.45. The van der Waals surface area contributed by atoms with E-state index in [1.54, 1.807) is 7.11 Å². The van der Waals surface area contributed by atoms with Gasteiger partial charge in [0.15, 0.2) is 5.82 Å². The molecule has 3 aromatic heterocycles. The van der Waals surface area contributed by atoms with Crippen LogP contribution in [0.4, 0.5) is 0 Å². The van der Waals surface area contributed by atoms with E-state index >= 15 is 0 Å². The Balaban J connectivity index is 1.17. The zero-order valence-corrected chi connectivity index (χ0v) is 27.1. The van der Waals surface area contributed by atoms with E-state index in [0.717, 1.165) is 59.6 Å². The normalized spacial score (nSPS) is 21.4. The second kappa shape index (κ2) is 11.5. The second-order valence-corrected chi connectivity index (χ2v) is 13.7. The van der Waals surface area contributed by atoms with Crippen LogP contribution < -0.4 is 15.8 Å². The highest BCUT2D eigenvalue weighted by atomic mass is 16.5. The SMILES string of the molecule is COc1cc(C(=O)N2C[C@H](N)[C@@H]3CC[C@H]2C3)cc2nc(-c3cc4ccc([C@@H](C)NC(=O)c5ccccc5)nc4n3CC3CC3)n(C)c12. The van der Waals surface area contributed by atoms with Crippen LogP contribution in [0.25, 0.3) is 33.6 Å². The van der Waals surface area contributed by atoms with Gasteiger partial charge < -0.3 is 29.8 Å². The highest BCUT2D eigenvalue weighted by Gasteiger charge is 2.41. The van der Waals surface area contributed by atoms with Gasteiger partial charge in [-0.3, -0.25) is 9.59 Å². The van der Waals surface area contributed by atoms with Crippen molar-refractivity contribution in [1.82, 2.24) is 29.3 Å². The third-order valence-electron chi connectivity index (χ3n) is 10.5. The van der Waals surface area contributed by atoms with Crippen molar-refractivity contribution < 1.29 is 14.3 Å². The topological polar surface area (TPSA) is 120 Å². The van der Waals surface area contributed by atoms with E-state index in [0.29, 0.717) is 40.8 Å². The summed E-state index contributed by atoms with van der Waals surface area (Å²) in [6.45, 7) is 3.39. The zero-order valence-electron chi connectivity index (χ0n) is 27.1. The van der Waals surface area contributed by atoms with Crippen molar-refractivity contribution in [3.8, 4) is 17.3 Å². The molecule has 4 atom stereocenters. The van der Waals surface area contributed by atoms with E-state index in [1.807, 2.05) is 67.4 Å². The van der Waals surface area contributed by atoms with Gasteiger partial charge >= 0.3 is 0 Å². The van der Waals surface area contributed by atoms with Crippen molar-refractivity contribution in [2.45, 2.75) is 63.7 Å². The molecule has 5 aromatic rings. The standard InChI is InChI=1S/C37H41N7O3/c1-21(39-36(45)23-7-5-4-6-8-23)29-14-12-25-17-31(44(34(25)40-29)19-22-9-10-22)35-41-30-16-26(18-32(47-3)33(30)42(35)2)37(46)43-20-28(38)24-11-13-27(43)15-24/h4-8,12,14,16-18,21-22,24,27-28H,9-11,13,15,19-20,38H2,1-3H3,(H,39,45)/t21-,24-,27+,28+/m1/s1. The number of aryl methyl sites for hydroxylation is 1. The first-order chi connectivity index (χ1) is 22.8. The fraction of sp³-hybridized carbons (Fsp3) is 0.405. The maximum atomic E-state index is 13.9. The Bertz CT molecular complexity index is 2010. The summed E-state index contributed by atoms with van der Waals surface area (Å²) in [6.07, 6.45) is 5.46. The predicted molar refractivity (Wildman–Crippen MR) is 181 cm³/mol. The molecule has 10 nitrogen and oxygen atoms in total. The molecule has 0 unspecified atom stereocenters. The Morgan fingerprint density at radius 1 is 1.02 bits per heavy atom. The van der Waals surface area contributed by atoms with E-state index in [9.17, 15) is 9.59 Å². The fourth-order valence-corrected chi connectivity index (χ4v) is 7.68. The lowest BCUT2D eigenvalue weighted by molar-refractivity contribution is 0.0603. The molecule has 3 aliphatic rings. The molecular weight excluding hydrogens is 590 g/mol. The molecule has 3 N–H and O–H groups in total. The van der Waals surface area contributed by atoms with Crippen molar-refractivity contribution in [3.05, 3.63) is 77.5 Å². The zero-order chi connectivity index (χ0) is 32.4. The molecule has 2 saturated carbocycles. The lowest BCUT2D eigenvalue weighted by Crippen LogP contribution is -2.51. The third-order valence-corrected chi connectivity index (χ3v) is 10.5. The molecule has 2 aliphatic carbocycles. The molecule has 2 bridgehead atoms. The number of nitrogens with two attached hydrogens (primary N) is 1. The second-order valence-electron chi connectivity index (χ2n) is 13.7. The highest BCUT2D eigenvalue weighted by molar-refractivity contribution is 6.00. The number of ether oxygens (including phenoxy) is 1. The van der Waals surface area contributed by atoms with Crippen molar-refractivity contribution in [3.63, 3.8) is 0 Å². The number of carbonyl (C=O) groups excluding carboxylic acids is 2. The van der Waals surface area contributed by atoms with Gasteiger partial charge in [-0.05, 0) is 93.3 Å². The number of rotatable bonds is 8. The highest BCUT2D eigenvalue weighted by Crippen LogP contribution is 2.40. The number of benzene rings is 2. The molecule has 8 rings (SSSR count). The molecule has 242 valence electrons. The number of nitrogens with one attached hydrogen (secondary N) is 1. The van der Waals surface area contributed by atoms with E-state index in [-0.39, 0.29) is 29.9 Å². The summed E-state index contributed by atoms with van der Waals surface area (Å²) in [7, 11) is 3.64. The number of pyridine rings is 1. The molecule has 3 fully saturated rings. The molecule has 2 amide bonds. The number of hydrogen-bond donors (Lipinski definition) is 2. The Hall–Kier alpha value is -4.70. The fourth-order valence-electron chi connectivity index (χ4n) is 7.68. The molecule has 2 aromatic carbocycles. The van der Waals surface area contributed by atoms with Gasteiger partial charge in [0, 0.05) is 48.7 Å². The van der Waals surface area contributed by atoms with Gasteiger partial charge in [0.05, 0.1) is 30.1 Å². The van der Waals surface area contributed by atoms with Gasteiger partial charge in [-0.25, -0.2) is 9.97 Å². The monoisotopic (exact) mass is 631 g/mol. The Morgan fingerprint density at radius 3 is 2.60 bits per heavy atom. The average Bonchev–Trinajstić information content (AvgIpc) is 3.55. The summed E-state index contributed by atoms with van der Waals surface area (Å²) in [5.74, 6) is 2.37. The van der Waals surface area contributed by atoms with Crippen molar-refractivity contribution >= 4 is 33.9 Å². The first-order valence-electron chi connectivity index (χ1n) is 16.8. The number of imidazole rings is 1. The Labute approximate surface area is 273 Å². The Kier molecular flexibility index (Phi) is 7.28. The van der Waals surface area contributed by atoms with Crippen LogP contribution in [-0.4, -0.2) is 61.6 Å². The average molecular weight is 632 g/mol. The quantitative estimate of drug-likeness (QED) is 0.235. The number of fused-ring (bicyclic) bond motifs is 4. The molecule has 0 radical (unpaired) electrons. The number of likely N-dealkylation sites (tertiary alicyclic amines) is 1. The van der Waals surface area contributed by atoms with E-state index < -0.39 is 0 Å². The number of methoxy groups -OCH3 is 1.